The summed E-state index contributed by atoms with van der Waals surface area (Å²) in [4.78, 5) is 21.3. The molecule has 0 bridgehead atoms. The first-order valence-electron chi connectivity index (χ1n) is 12.9. The number of benzene rings is 1. The van der Waals surface area contributed by atoms with Crippen LogP contribution in [0.15, 0.2) is 53.7 Å². The predicted octanol–water partition coefficient (Wildman–Crippen LogP) is 4.63. The Morgan fingerprint density at radius 2 is 1.81 bits per heavy atom. The van der Waals surface area contributed by atoms with E-state index in [1.165, 1.54) is 61.4 Å². The summed E-state index contributed by atoms with van der Waals surface area (Å²) in [7, 11) is -0.679. The first-order valence-corrected chi connectivity index (χ1v) is 14.3. The van der Waals surface area contributed by atoms with Gasteiger partial charge in [-0.15, -0.1) is 0 Å². The summed E-state index contributed by atoms with van der Waals surface area (Å²) in [5.74, 6) is -0.775. The van der Waals surface area contributed by atoms with Crippen LogP contribution in [0.3, 0.4) is 0 Å². The molecule has 1 saturated heterocycles. The molecule has 3 heterocycles. The van der Waals surface area contributed by atoms with Gasteiger partial charge in [0.1, 0.15) is 17.3 Å². The number of aromatic nitrogens is 2. The number of hydrogen-bond donors (Lipinski definition) is 1. The van der Waals surface area contributed by atoms with Gasteiger partial charge in [-0.2, -0.15) is 26.0 Å². The molecule has 11 nitrogen and oxygen atoms in total. The maximum Gasteiger partial charge on any atom is 0.418 e. The van der Waals surface area contributed by atoms with Crippen molar-refractivity contribution in [1.82, 2.24) is 14.9 Å². The van der Waals surface area contributed by atoms with Crippen LogP contribution < -0.4 is 18.7 Å². The van der Waals surface area contributed by atoms with E-state index in [2.05, 4.69) is 9.97 Å². The first-order chi connectivity index (χ1) is 20.3. The van der Waals surface area contributed by atoms with E-state index >= 15 is 0 Å². The number of carboxylic acid groups (broad SMARTS) is 1. The number of sulfonamides is 1. The number of carbonyl (C=O) groups is 1. The normalized spacial score (nSPS) is 14.3. The van der Waals surface area contributed by atoms with Gasteiger partial charge in [-0.05, 0) is 43.2 Å². The standard InChI is InChI=1S/C27H29F4N5O6S/c1-34(18-9-11-35(12-10-18)26(37)38)21-15-32-25(14-20(21)27(29,30)31)43(39,40)36(24-6-4-5-23(28)33-24)16-17-7-8-19(41-2)13-22(17)42-3/h4-8,13-15,18H,9-12,16H2,1-3H3,(H,37,38). The highest BCUT2D eigenvalue weighted by Crippen LogP contribution is 2.39. The summed E-state index contributed by atoms with van der Waals surface area (Å²) < 4.78 is 96.2. The van der Waals surface area contributed by atoms with E-state index in [9.17, 15) is 35.9 Å². The topological polar surface area (TPSA) is 125 Å². The molecule has 1 N–H and O–H groups in total. The number of alkyl halides is 3. The maximum absolute atomic E-state index is 14.4. The molecule has 43 heavy (non-hydrogen) atoms. The van der Waals surface area contributed by atoms with Gasteiger partial charge in [0, 0.05) is 37.8 Å². The van der Waals surface area contributed by atoms with Crippen LogP contribution in [0.1, 0.15) is 24.0 Å². The van der Waals surface area contributed by atoms with Crippen molar-refractivity contribution in [2.24, 2.45) is 0 Å². The molecular formula is C27H29F4N5O6S. The molecule has 1 aliphatic rings. The predicted molar refractivity (Wildman–Crippen MR) is 147 cm³/mol. The average Bonchev–Trinajstić information content (AvgIpc) is 2.98. The van der Waals surface area contributed by atoms with Crippen LogP contribution in [0.25, 0.3) is 0 Å². The number of halogens is 4. The minimum Gasteiger partial charge on any atom is -0.497 e. The van der Waals surface area contributed by atoms with Crippen LogP contribution in [0.5, 0.6) is 11.5 Å². The van der Waals surface area contributed by atoms with E-state index in [1.54, 1.807) is 0 Å². The number of amides is 1. The van der Waals surface area contributed by atoms with Crippen LogP contribution in [-0.4, -0.2) is 74.9 Å². The van der Waals surface area contributed by atoms with Crippen LogP contribution in [-0.2, 0) is 22.7 Å². The molecule has 1 amide bonds. The fourth-order valence-electron chi connectivity index (χ4n) is 4.79. The summed E-state index contributed by atoms with van der Waals surface area (Å²) in [5.41, 5.74) is -1.33. The second-order valence-corrected chi connectivity index (χ2v) is 11.5. The molecule has 1 fully saturated rings. The molecule has 232 valence electrons. The third-order valence-electron chi connectivity index (χ3n) is 7.14. The Balaban J connectivity index is 1.77. The second kappa shape index (κ2) is 12.5. The maximum atomic E-state index is 14.4. The molecule has 2 aromatic heterocycles. The van der Waals surface area contributed by atoms with Crippen molar-refractivity contribution < 1.29 is 45.4 Å². The van der Waals surface area contributed by atoms with Gasteiger partial charge in [0.05, 0.1) is 38.2 Å². The highest BCUT2D eigenvalue weighted by molar-refractivity contribution is 7.92. The van der Waals surface area contributed by atoms with Crippen molar-refractivity contribution in [2.75, 3.05) is 43.6 Å². The number of piperidine rings is 1. The summed E-state index contributed by atoms with van der Waals surface area (Å²) >= 11 is 0. The zero-order valence-electron chi connectivity index (χ0n) is 23.4. The number of hydrogen-bond acceptors (Lipinski definition) is 8. The van der Waals surface area contributed by atoms with E-state index < -0.39 is 51.4 Å². The van der Waals surface area contributed by atoms with Crippen molar-refractivity contribution >= 4 is 27.6 Å². The summed E-state index contributed by atoms with van der Waals surface area (Å²) in [6, 6.07) is 7.93. The Kier molecular flexibility index (Phi) is 9.18. The minimum atomic E-state index is -4.97. The molecule has 0 unspecified atom stereocenters. The fourth-order valence-corrected chi connectivity index (χ4v) is 6.13. The molecule has 3 aromatic rings. The number of methoxy groups -OCH3 is 2. The van der Waals surface area contributed by atoms with Crippen LogP contribution >= 0.6 is 0 Å². The summed E-state index contributed by atoms with van der Waals surface area (Å²) in [6.07, 6.45) is -4.73. The zero-order valence-corrected chi connectivity index (χ0v) is 24.2. The number of anilines is 2. The van der Waals surface area contributed by atoms with Crippen molar-refractivity contribution in [1.29, 1.82) is 0 Å². The third-order valence-corrected chi connectivity index (χ3v) is 8.79. The number of ether oxygens (including phenoxy) is 2. The molecule has 0 spiro atoms. The minimum absolute atomic E-state index is 0.135. The Morgan fingerprint density at radius 3 is 2.40 bits per heavy atom. The van der Waals surface area contributed by atoms with Crippen LogP contribution in [0, 0.1) is 5.95 Å². The Hall–Kier alpha value is -4.34. The van der Waals surface area contributed by atoms with Gasteiger partial charge in [0.2, 0.25) is 5.95 Å². The van der Waals surface area contributed by atoms with E-state index in [0.29, 0.717) is 16.1 Å². The van der Waals surface area contributed by atoms with E-state index in [4.69, 9.17) is 9.47 Å². The lowest BCUT2D eigenvalue weighted by Crippen LogP contribution is -2.45. The second-order valence-electron chi connectivity index (χ2n) is 9.66. The Bertz CT molecular complexity index is 1580. The lowest BCUT2D eigenvalue weighted by Gasteiger charge is -2.37. The SMILES string of the molecule is COc1ccc(CN(c2cccc(F)n2)S(=O)(=O)c2cc(C(F)(F)F)c(N(C)C3CCN(C(=O)O)CC3)cn2)c(OC)c1. The highest BCUT2D eigenvalue weighted by Gasteiger charge is 2.39. The van der Waals surface area contributed by atoms with Crippen molar-refractivity contribution in [2.45, 2.75) is 36.6 Å². The highest BCUT2D eigenvalue weighted by atomic mass is 32.2. The van der Waals surface area contributed by atoms with Crippen molar-refractivity contribution in [3.05, 3.63) is 65.7 Å². The van der Waals surface area contributed by atoms with Crippen molar-refractivity contribution in [3.8, 4) is 11.5 Å². The zero-order chi connectivity index (χ0) is 31.5. The largest absolute Gasteiger partial charge is 0.497 e. The van der Waals surface area contributed by atoms with E-state index in [1.807, 2.05) is 0 Å². The quantitative estimate of drug-likeness (QED) is 0.267. The lowest BCUT2D eigenvalue weighted by atomic mass is 10.0. The van der Waals surface area contributed by atoms with E-state index in [0.717, 1.165) is 12.3 Å². The van der Waals surface area contributed by atoms with Crippen LogP contribution in [0.4, 0.5) is 33.9 Å². The van der Waals surface area contributed by atoms with Gasteiger partial charge in [0.25, 0.3) is 10.0 Å². The van der Waals surface area contributed by atoms with Gasteiger partial charge in [0.15, 0.2) is 5.03 Å². The number of nitrogens with zero attached hydrogens (tertiary/aromatic N) is 5. The summed E-state index contributed by atoms with van der Waals surface area (Å²) in [6.45, 7) is -0.217. The van der Waals surface area contributed by atoms with Gasteiger partial charge in [-0.3, -0.25) is 0 Å². The first kappa shape index (κ1) is 31.6. The molecule has 4 rings (SSSR count). The molecule has 0 aliphatic carbocycles. The molecule has 1 aliphatic heterocycles. The van der Waals surface area contributed by atoms with Crippen LogP contribution in [0.2, 0.25) is 0 Å². The van der Waals surface area contributed by atoms with E-state index in [-0.39, 0.29) is 48.7 Å². The van der Waals surface area contributed by atoms with Gasteiger partial charge >= 0.3 is 12.3 Å². The molecule has 0 saturated carbocycles. The number of likely N-dealkylation sites (tertiary alicyclic amines) is 1. The molecule has 0 radical (unpaired) electrons. The number of pyridine rings is 2. The molecular weight excluding hydrogens is 598 g/mol. The molecule has 1 aromatic carbocycles. The Labute approximate surface area is 245 Å². The average molecular weight is 628 g/mol. The van der Waals surface area contributed by atoms with Gasteiger partial charge < -0.3 is 24.4 Å². The fraction of sp³-hybridized carbons (Fsp3) is 0.370. The molecule has 0 atom stereocenters. The molecule has 16 heteroatoms. The monoisotopic (exact) mass is 627 g/mol. The van der Waals surface area contributed by atoms with Gasteiger partial charge in [-0.1, -0.05) is 6.07 Å². The lowest BCUT2D eigenvalue weighted by molar-refractivity contribution is -0.137. The van der Waals surface area contributed by atoms with Crippen molar-refractivity contribution in [3.63, 3.8) is 0 Å². The smallest absolute Gasteiger partial charge is 0.418 e. The summed E-state index contributed by atoms with van der Waals surface area (Å²) in [5, 5.41) is 8.25. The number of rotatable bonds is 9. The Morgan fingerprint density at radius 1 is 1.12 bits per heavy atom. The third kappa shape index (κ3) is 6.84. The van der Waals surface area contributed by atoms with Gasteiger partial charge in [-0.25, -0.2) is 19.1 Å².